The van der Waals surface area contributed by atoms with Gasteiger partial charge in [-0.3, -0.25) is 4.79 Å². The first-order chi connectivity index (χ1) is 16.6. The molecular weight excluding hydrogens is 489 g/mol. The van der Waals surface area contributed by atoms with Gasteiger partial charge in [0.25, 0.3) is 0 Å². The lowest BCUT2D eigenvalue weighted by Crippen LogP contribution is -2.35. The summed E-state index contributed by atoms with van der Waals surface area (Å²) in [6, 6.07) is 8.43. The Morgan fingerprint density at radius 2 is 1.80 bits per heavy atom. The fourth-order valence-electron chi connectivity index (χ4n) is 3.67. The van der Waals surface area contributed by atoms with Crippen molar-refractivity contribution in [2.24, 2.45) is 0 Å². The van der Waals surface area contributed by atoms with Gasteiger partial charge in [0.15, 0.2) is 18.1 Å². The maximum absolute atomic E-state index is 13.0. The van der Waals surface area contributed by atoms with Gasteiger partial charge in [-0.25, -0.2) is 8.42 Å². The van der Waals surface area contributed by atoms with E-state index in [2.05, 4.69) is 5.32 Å². The molecule has 1 N–H and O–H groups in total. The second-order valence-electron chi connectivity index (χ2n) is 7.96. The second-order valence-corrected chi connectivity index (χ2v) is 9.90. The third-order valence-corrected chi connectivity index (χ3v) is 7.27. The Hall–Kier alpha value is -3.25. The van der Waals surface area contributed by atoms with Crippen LogP contribution in [-0.4, -0.2) is 51.3 Å². The lowest BCUT2D eigenvalue weighted by molar-refractivity contribution is -0.153. The zero-order chi connectivity index (χ0) is 25.1. The first-order valence-electron chi connectivity index (χ1n) is 10.8. The number of fused-ring (bicyclic) bond motifs is 1. The second kappa shape index (κ2) is 10.2. The zero-order valence-corrected chi connectivity index (χ0v) is 19.3. The van der Waals surface area contributed by atoms with E-state index in [-0.39, 0.29) is 23.1 Å². The summed E-state index contributed by atoms with van der Waals surface area (Å²) in [5, 5.41) is 2.43. The average molecular weight is 513 g/mol. The van der Waals surface area contributed by atoms with Crippen LogP contribution < -0.4 is 19.5 Å². The molecule has 0 atom stereocenters. The normalized spacial score (nSPS) is 16.4. The van der Waals surface area contributed by atoms with Crippen molar-refractivity contribution in [2.45, 2.75) is 30.3 Å². The minimum Gasteiger partial charge on any atom is -0.482 e. The summed E-state index contributed by atoms with van der Waals surface area (Å²) in [7, 11) is -3.88. The summed E-state index contributed by atoms with van der Waals surface area (Å²) in [4.78, 5) is 12.4. The number of rotatable bonds is 7. The number of piperidine rings is 1. The van der Waals surface area contributed by atoms with Crippen molar-refractivity contribution in [2.75, 3.05) is 31.8 Å². The summed E-state index contributed by atoms with van der Waals surface area (Å²) < 4.78 is 80.8. The third kappa shape index (κ3) is 6.25. The number of nitrogens with zero attached hydrogens (tertiary/aromatic N) is 1. The van der Waals surface area contributed by atoms with Crippen LogP contribution in [0.1, 0.15) is 24.8 Å². The molecule has 0 saturated carbocycles. The molecule has 2 aromatic carbocycles. The van der Waals surface area contributed by atoms with Gasteiger partial charge >= 0.3 is 6.18 Å². The summed E-state index contributed by atoms with van der Waals surface area (Å²) >= 11 is 0. The number of alkyl halides is 3. The van der Waals surface area contributed by atoms with Crippen molar-refractivity contribution in [1.82, 2.24) is 4.31 Å². The molecule has 8 nitrogen and oxygen atoms in total. The number of anilines is 1. The molecule has 12 heteroatoms. The quantitative estimate of drug-likeness (QED) is 0.560. The van der Waals surface area contributed by atoms with Crippen molar-refractivity contribution in [1.29, 1.82) is 0 Å². The molecule has 0 aromatic heterocycles. The van der Waals surface area contributed by atoms with E-state index in [0.717, 1.165) is 37.5 Å². The van der Waals surface area contributed by atoms with Gasteiger partial charge in [0, 0.05) is 19.2 Å². The van der Waals surface area contributed by atoms with Gasteiger partial charge in [-0.15, -0.1) is 0 Å². The molecule has 4 rings (SSSR count). The van der Waals surface area contributed by atoms with Crippen LogP contribution in [0.4, 0.5) is 18.9 Å². The summed E-state index contributed by atoms with van der Waals surface area (Å²) in [5.41, 5.74) is 0.437. The Bertz CT molecular complexity index is 1220. The van der Waals surface area contributed by atoms with Crippen molar-refractivity contribution in [3.05, 3.63) is 48.0 Å². The number of nitrogens with one attached hydrogen (secondary N) is 1. The Labute approximate surface area is 200 Å². The fourth-order valence-corrected chi connectivity index (χ4v) is 5.21. The number of sulfonamides is 1. The summed E-state index contributed by atoms with van der Waals surface area (Å²) in [5.74, 6) is 0.104. The van der Waals surface area contributed by atoms with Crippen molar-refractivity contribution >= 4 is 27.7 Å². The molecule has 2 heterocycles. The molecule has 0 aliphatic carbocycles. The smallest absolute Gasteiger partial charge is 0.422 e. The largest absolute Gasteiger partial charge is 0.482 e. The molecule has 188 valence electrons. The van der Waals surface area contributed by atoms with E-state index in [1.165, 1.54) is 16.4 Å². The van der Waals surface area contributed by atoms with E-state index in [4.69, 9.17) is 14.2 Å². The van der Waals surface area contributed by atoms with Crippen molar-refractivity contribution in [3.63, 3.8) is 0 Å². The maximum Gasteiger partial charge on any atom is 0.422 e. The van der Waals surface area contributed by atoms with Crippen LogP contribution in [0.5, 0.6) is 17.2 Å². The van der Waals surface area contributed by atoms with Gasteiger partial charge in [0.05, 0.1) is 10.6 Å². The van der Waals surface area contributed by atoms with E-state index in [9.17, 15) is 26.4 Å². The number of halogens is 3. The van der Waals surface area contributed by atoms with Gasteiger partial charge < -0.3 is 19.5 Å². The van der Waals surface area contributed by atoms with Crippen LogP contribution in [0.25, 0.3) is 6.08 Å². The molecule has 1 fully saturated rings. The Morgan fingerprint density at radius 3 is 2.54 bits per heavy atom. The fraction of sp³-hybridized carbons (Fsp3) is 0.348. The van der Waals surface area contributed by atoms with E-state index in [0.29, 0.717) is 30.2 Å². The topological polar surface area (TPSA) is 94.2 Å². The predicted molar refractivity (Wildman–Crippen MR) is 121 cm³/mol. The van der Waals surface area contributed by atoms with E-state index < -0.39 is 28.7 Å². The lowest BCUT2D eigenvalue weighted by Gasteiger charge is -2.26. The monoisotopic (exact) mass is 512 g/mol. The van der Waals surface area contributed by atoms with Crippen LogP contribution in [-0.2, 0) is 14.8 Å². The predicted octanol–water partition coefficient (Wildman–Crippen LogP) is 4.18. The third-order valence-electron chi connectivity index (χ3n) is 5.38. The van der Waals surface area contributed by atoms with E-state index in [1.54, 1.807) is 18.2 Å². The number of amides is 1. The molecule has 0 bridgehead atoms. The van der Waals surface area contributed by atoms with Gasteiger partial charge in [-0.2, -0.15) is 17.5 Å². The summed E-state index contributed by atoms with van der Waals surface area (Å²) in [6.45, 7) is -0.787. The van der Waals surface area contributed by atoms with Gasteiger partial charge in [0.2, 0.25) is 22.7 Å². The minimum atomic E-state index is -4.61. The average Bonchev–Trinajstić information content (AvgIpc) is 3.30. The van der Waals surface area contributed by atoms with Gasteiger partial charge in [-0.05, 0) is 54.8 Å². The van der Waals surface area contributed by atoms with E-state index in [1.807, 2.05) is 0 Å². The summed E-state index contributed by atoms with van der Waals surface area (Å²) in [6.07, 6.45) is 0.394. The number of hydrogen-bond donors (Lipinski definition) is 1. The molecule has 0 unspecified atom stereocenters. The first-order valence-corrected chi connectivity index (χ1v) is 12.3. The number of ether oxygens (including phenoxy) is 3. The van der Waals surface area contributed by atoms with Gasteiger partial charge in [-0.1, -0.05) is 12.5 Å². The van der Waals surface area contributed by atoms with E-state index >= 15 is 0 Å². The van der Waals surface area contributed by atoms with Gasteiger partial charge in [0.1, 0.15) is 5.75 Å². The van der Waals surface area contributed by atoms with Crippen LogP contribution in [0, 0.1) is 0 Å². The van der Waals surface area contributed by atoms with Crippen LogP contribution >= 0.6 is 0 Å². The number of carbonyl (C=O) groups excluding carboxylic acids is 1. The highest BCUT2D eigenvalue weighted by molar-refractivity contribution is 7.89. The highest BCUT2D eigenvalue weighted by Gasteiger charge is 2.30. The molecule has 0 radical (unpaired) electrons. The number of carbonyl (C=O) groups is 1. The zero-order valence-electron chi connectivity index (χ0n) is 18.5. The Morgan fingerprint density at radius 1 is 1.06 bits per heavy atom. The molecule has 2 aromatic rings. The number of hydrogen-bond acceptors (Lipinski definition) is 6. The Balaban J connectivity index is 1.56. The van der Waals surface area contributed by atoms with Crippen LogP contribution in [0.2, 0.25) is 0 Å². The molecule has 1 amide bonds. The number of benzene rings is 2. The molecule has 1 saturated heterocycles. The molecule has 2 aliphatic heterocycles. The lowest BCUT2D eigenvalue weighted by atomic mass is 10.2. The van der Waals surface area contributed by atoms with Crippen LogP contribution in [0.15, 0.2) is 47.4 Å². The minimum absolute atomic E-state index is 0.0976. The molecule has 35 heavy (non-hydrogen) atoms. The first kappa shape index (κ1) is 24.9. The van der Waals surface area contributed by atoms with Crippen molar-refractivity contribution < 1.29 is 40.6 Å². The van der Waals surface area contributed by atoms with Crippen LogP contribution in [0.3, 0.4) is 0 Å². The Kier molecular flexibility index (Phi) is 7.22. The standard InChI is InChI=1S/C23H23F3N2O6S/c24-23(25,26)14-32-19-8-6-17(35(30,31)28-10-2-1-3-11-28)13-18(19)27-22(29)9-5-16-4-7-20-21(12-16)34-15-33-20/h4-9,12-13H,1-3,10-11,14-15H2,(H,27,29)/b9-5-. The molecule has 2 aliphatic rings. The highest BCUT2D eigenvalue weighted by Crippen LogP contribution is 2.33. The molecular formula is C23H23F3N2O6S. The SMILES string of the molecule is O=C(/C=C\c1ccc2c(c1)OCO2)Nc1cc(S(=O)(=O)N2CCCCC2)ccc1OCC(F)(F)F. The highest BCUT2D eigenvalue weighted by atomic mass is 32.2. The van der Waals surface area contributed by atoms with Crippen molar-refractivity contribution in [3.8, 4) is 17.2 Å². The maximum atomic E-state index is 13.0. The molecule has 0 spiro atoms.